The topological polar surface area (TPSA) is 159 Å². The normalized spacial score (nSPS) is 16.8. The van der Waals surface area contributed by atoms with Crippen molar-refractivity contribution in [3.8, 4) is 0 Å². The molecule has 0 heterocycles. The predicted octanol–water partition coefficient (Wildman–Crippen LogP) is -1.84. The molecule has 0 aromatic rings. The fraction of sp³-hybridized carbons (Fsp3) is 1.00. The molecule has 0 aromatic carbocycles. The van der Waals surface area contributed by atoms with Crippen molar-refractivity contribution in [2.24, 2.45) is 5.41 Å². The largest absolute Gasteiger partial charge is 0.789 e. The van der Waals surface area contributed by atoms with Crippen molar-refractivity contribution in [3.63, 3.8) is 0 Å². The van der Waals surface area contributed by atoms with Crippen LogP contribution in [-0.4, -0.2) is 41.7 Å². The summed E-state index contributed by atoms with van der Waals surface area (Å²) in [6.07, 6.45) is 0. The van der Waals surface area contributed by atoms with Gasteiger partial charge in [-0.3, -0.25) is 8.83 Å². The van der Waals surface area contributed by atoms with E-state index in [-0.39, 0.29) is 0 Å². The molecule has 3 N–H and O–H groups in total. The summed E-state index contributed by atoms with van der Waals surface area (Å²) < 4.78 is 29.0. The molecule has 0 aliphatic carbocycles. The van der Waals surface area contributed by atoms with E-state index in [0.717, 1.165) is 0 Å². The predicted molar refractivity (Wildman–Crippen MR) is 51.8 cm³/mol. The summed E-state index contributed by atoms with van der Waals surface area (Å²) in [6, 6.07) is 0. The van der Waals surface area contributed by atoms with E-state index in [1.807, 2.05) is 0 Å². The van der Waals surface area contributed by atoms with Crippen molar-refractivity contribution in [3.05, 3.63) is 0 Å². The molecule has 9 nitrogen and oxygen atoms in total. The monoisotopic (exact) mass is 312 g/mol. The molecule has 0 aliphatic rings. The van der Waals surface area contributed by atoms with Crippen LogP contribution in [-0.2, 0) is 18.0 Å². The zero-order valence-corrected chi connectivity index (χ0v) is 10.9. The Balaban J connectivity index is 4.54. The molecule has 0 saturated carbocycles. The molecule has 0 aliphatic heterocycles. The fourth-order valence-corrected chi connectivity index (χ4v) is 3.04. The summed E-state index contributed by atoms with van der Waals surface area (Å²) in [4.78, 5) is 20.3. The van der Waals surface area contributed by atoms with Crippen molar-refractivity contribution in [1.29, 1.82) is 0 Å². The van der Waals surface area contributed by atoms with Crippen molar-refractivity contribution in [2.45, 2.75) is 0 Å². The van der Waals surface area contributed by atoms with Crippen LogP contribution < -0.4 is 9.79 Å². The Hall–Kier alpha value is 0.470. The molecule has 1 unspecified atom stereocenters. The van der Waals surface area contributed by atoms with Crippen molar-refractivity contribution >= 4 is 26.0 Å². The Morgan fingerprint density at radius 2 is 1.53 bits per heavy atom. The molecule has 0 fully saturated rings. The molecule has 0 rings (SSSR count). The van der Waals surface area contributed by atoms with Crippen LogP contribution in [0.2, 0.25) is 0 Å². The highest BCUT2D eigenvalue weighted by Crippen LogP contribution is 2.61. The molecule has 0 aromatic heterocycles. The molecule has 104 valence electrons. The minimum Gasteiger partial charge on any atom is -0.789 e. The summed E-state index contributed by atoms with van der Waals surface area (Å²) in [5.41, 5.74) is -1.58. The van der Waals surface area contributed by atoms with Gasteiger partial charge in [-0.05, 0) is 0 Å². The number of hydrogen-bond donors (Lipinski definition) is 3. The maximum absolute atomic E-state index is 11.1. The molecule has 0 amide bonds. The van der Waals surface area contributed by atoms with Crippen molar-refractivity contribution in [1.82, 2.24) is 0 Å². The van der Waals surface area contributed by atoms with Crippen LogP contribution >= 0.6 is 26.0 Å². The average molecular weight is 313 g/mol. The standard InChI is InChI=1S/C5H13ClO9P2/c6-16(10,15-17(11,12)13)14-4-5(1-7,2-8)3-9/h7-9H,1-4H2,(H2,11,12,13)/p-2. The van der Waals surface area contributed by atoms with Gasteiger partial charge in [0, 0.05) is 11.2 Å². The van der Waals surface area contributed by atoms with Gasteiger partial charge in [-0.1, -0.05) is 0 Å². The van der Waals surface area contributed by atoms with E-state index in [0.29, 0.717) is 0 Å². The van der Waals surface area contributed by atoms with Crippen molar-refractivity contribution in [2.75, 3.05) is 26.4 Å². The second-order valence-electron chi connectivity index (χ2n) is 3.21. The Morgan fingerprint density at radius 3 is 1.82 bits per heavy atom. The van der Waals surface area contributed by atoms with Gasteiger partial charge in [-0.25, -0.2) is 4.57 Å². The summed E-state index contributed by atoms with van der Waals surface area (Å²) in [5.74, 6) is 0. The Kier molecular flexibility index (Phi) is 6.76. The van der Waals surface area contributed by atoms with Gasteiger partial charge < -0.3 is 29.7 Å². The molecule has 0 bridgehead atoms. The molecule has 12 heteroatoms. The maximum Gasteiger partial charge on any atom is 0.428 e. The first kappa shape index (κ1) is 17.5. The summed E-state index contributed by atoms with van der Waals surface area (Å²) >= 11 is 4.99. The van der Waals surface area contributed by atoms with E-state index in [1.54, 1.807) is 0 Å². The summed E-state index contributed by atoms with van der Waals surface area (Å²) in [7, 11) is -5.60. The fourth-order valence-electron chi connectivity index (χ4n) is 0.644. The highest BCUT2D eigenvalue weighted by atomic mass is 35.7. The third-order valence-corrected chi connectivity index (χ3v) is 4.59. The van der Waals surface area contributed by atoms with E-state index >= 15 is 0 Å². The van der Waals surface area contributed by atoms with E-state index in [1.165, 1.54) is 0 Å². The first-order chi connectivity index (χ1) is 7.60. The Labute approximate surface area is 102 Å². The van der Waals surface area contributed by atoms with Gasteiger partial charge in [0.15, 0.2) is 0 Å². The van der Waals surface area contributed by atoms with Crippen LogP contribution in [0.4, 0.5) is 0 Å². The number of aliphatic hydroxyl groups is 3. The number of phosphoric acid groups is 1. The van der Waals surface area contributed by atoms with Crippen LogP contribution in [0.15, 0.2) is 0 Å². The average Bonchev–Trinajstić information content (AvgIpc) is 2.17. The SMILES string of the molecule is O=P([O-])([O-])OP(=O)(Cl)OCC(CO)(CO)CO. The lowest BCUT2D eigenvalue weighted by atomic mass is 9.93. The molecule has 17 heavy (non-hydrogen) atoms. The Morgan fingerprint density at radius 1 is 1.12 bits per heavy atom. The molecular formula is C5H11ClO9P2-2. The van der Waals surface area contributed by atoms with Gasteiger partial charge in [0.2, 0.25) is 0 Å². The van der Waals surface area contributed by atoms with E-state index in [2.05, 4.69) is 8.83 Å². The van der Waals surface area contributed by atoms with Crippen molar-refractivity contribution < 1.29 is 43.1 Å². The smallest absolute Gasteiger partial charge is 0.428 e. The lowest BCUT2D eigenvalue weighted by molar-refractivity contribution is -0.334. The Bertz CT molecular complexity index is 315. The summed E-state index contributed by atoms with van der Waals surface area (Å²) in [6.45, 7) is -7.71. The first-order valence-corrected chi connectivity index (χ1v) is 8.01. The molecule has 0 saturated heterocycles. The highest BCUT2D eigenvalue weighted by molar-refractivity contribution is 7.84. The van der Waals surface area contributed by atoms with Gasteiger partial charge in [-0.15, -0.1) is 0 Å². The van der Waals surface area contributed by atoms with Crippen LogP contribution in [0.25, 0.3) is 0 Å². The quantitative estimate of drug-likeness (QED) is 0.437. The third kappa shape index (κ3) is 6.83. The van der Waals surface area contributed by atoms with E-state index in [4.69, 9.17) is 26.6 Å². The van der Waals surface area contributed by atoms with E-state index < -0.39 is 46.6 Å². The first-order valence-electron chi connectivity index (χ1n) is 4.10. The molecular weight excluding hydrogens is 301 g/mol. The lowest BCUT2D eigenvalue weighted by Gasteiger charge is -2.32. The van der Waals surface area contributed by atoms with Crippen LogP contribution in [0.5, 0.6) is 0 Å². The third-order valence-electron chi connectivity index (χ3n) is 1.73. The van der Waals surface area contributed by atoms with Gasteiger partial charge in [0.25, 0.3) is 0 Å². The lowest BCUT2D eigenvalue weighted by Crippen LogP contribution is -2.38. The number of aliphatic hydroxyl groups excluding tert-OH is 3. The maximum atomic E-state index is 11.1. The zero-order chi connectivity index (χ0) is 13.7. The van der Waals surface area contributed by atoms with Crippen LogP contribution in [0.1, 0.15) is 0 Å². The van der Waals surface area contributed by atoms with Gasteiger partial charge >= 0.3 is 6.95 Å². The second kappa shape index (κ2) is 6.58. The van der Waals surface area contributed by atoms with Gasteiger partial charge in [0.1, 0.15) is 0 Å². The molecule has 0 radical (unpaired) electrons. The number of halogens is 1. The van der Waals surface area contributed by atoms with Crippen LogP contribution in [0.3, 0.4) is 0 Å². The second-order valence-corrected chi connectivity index (χ2v) is 7.12. The van der Waals surface area contributed by atoms with Gasteiger partial charge in [-0.2, -0.15) is 0 Å². The van der Waals surface area contributed by atoms with Gasteiger partial charge in [0.05, 0.1) is 39.7 Å². The minimum absolute atomic E-state index is 0.747. The molecule has 0 spiro atoms. The van der Waals surface area contributed by atoms with E-state index in [9.17, 15) is 18.9 Å². The number of hydrogen-bond acceptors (Lipinski definition) is 9. The minimum atomic E-state index is -5.60. The highest BCUT2D eigenvalue weighted by Gasteiger charge is 2.33. The zero-order valence-electron chi connectivity index (χ0n) is 8.39. The van der Waals surface area contributed by atoms with Crippen LogP contribution in [0, 0.1) is 5.41 Å². The summed E-state index contributed by atoms with van der Waals surface area (Å²) in [5, 5.41) is 26.6. The molecule has 1 atom stereocenters. The number of rotatable bonds is 8.